The maximum Gasteiger partial charge on any atom is 0.0615 e. The highest BCUT2D eigenvalue weighted by molar-refractivity contribution is 4.91. The van der Waals surface area contributed by atoms with E-state index in [1.54, 1.807) is 0 Å². The average molecular weight is 242 g/mol. The van der Waals surface area contributed by atoms with Crippen molar-refractivity contribution in [2.24, 2.45) is 5.92 Å². The van der Waals surface area contributed by atoms with Crippen LogP contribution in [0.5, 0.6) is 0 Å². The second-order valence-electron chi connectivity index (χ2n) is 5.54. The van der Waals surface area contributed by atoms with Crippen molar-refractivity contribution in [3.05, 3.63) is 0 Å². The zero-order chi connectivity index (χ0) is 12.7. The average Bonchev–Trinajstić information content (AvgIpc) is 2.65. The molecule has 1 aliphatic heterocycles. The lowest BCUT2D eigenvalue weighted by atomic mass is 9.83. The second-order valence-corrected chi connectivity index (χ2v) is 5.54. The monoisotopic (exact) mass is 242 g/mol. The van der Waals surface area contributed by atoms with Gasteiger partial charge in [0.05, 0.1) is 6.61 Å². The molecule has 0 spiro atoms. The molecule has 3 nitrogen and oxygen atoms in total. The first-order valence-electron chi connectivity index (χ1n) is 7.25. The van der Waals surface area contributed by atoms with Gasteiger partial charge < -0.3 is 10.4 Å². The van der Waals surface area contributed by atoms with E-state index < -0.39 is 0 Å². The Hall–Kier alpha value is -0.120. The number of rotatable bonds is 6. The Kier molecular flexibility index (Phi) is 6.45. The van der Waals surface area contributed by atoms with Gasteiger partial charge in [0, 0.05) is 25.2 Å². The van der Waals surface area contributed by atoms with Crippen LogP contribution >= 0.6 is 0 Å². The van der Waals surface area contributed by atoms with E-state index in [9.17, 15) is 5.11 Å². The summed E-state index contributed by atoms with van der Waals surface area (Å²) in [4.78, 5) is 2.53. The minimum absolute atomic E-state index is 0.0153. The van der Waals surface area contributed by atoms with Crippen molar-refractivity contribution in [1.29, 1.82) is 0 Å². The number of aliphatic hydroxyl groups is 1. The Morgan fingerprint density at radius 3 is 2.65 bits per heavy atom. The topological polar surface area (TPSA) is 35.5 Å². The standard InChI is InChI=1S/C14H30N2O/c1-4-13(3)11-14(5-2,12-17)16-9-6-7-15-8-10-16/h13,15,17H,4-12H2,1-3H3. The van der Waals surface area contributed by atoms with E-state index in [2.05, 4.69) is 31.0 Å². The summed E-state index contributed by atoms with van der Waals surface area (Å²) in [6.45, 7) is 11.4. The van der Waals surface area contributed by atoms with Crippen molar-refractivity contribution in [3.63, 3.8) is 0 Å². The van der Waals surface area contributed by atoms with Crippen molar-refractivity contribution < 1.29 is 5.11 Å². The first-order valence-corrected chi connectivity index (χ1v) is 7.25. The number of hydrogen-bond acceptors (Lipinski definition) is 3. The van der Waals surface area contributed by atoms with Gasteiger partial charge in [-0.3, -0.25) is 4.90 Å². The van der Waals surface area contributed by atoms with Crippen LogP contribution in [0, 0.1) is 5.92 Å². The van der Waals surface area contributed by atoms with E-state index in [1.807, 2.05) is 0 Å². The molecule has 1 heterocycles. The van der Waals surface area contributed by atoms with E-state index in [1.165, 1.54) is 12.8 Å². The molecule has 1 aliphatic rings. The van der Waals surface area contributed by atoms with Crippen LogP contribution in [0.3, 0.4) is 0 Å². The van der Waals surface area contributed by atoms with Crippen molar-refractivity contribution in [3.8, 4) is 0 Å². The molecule has 0 bridgehead atoms. The quantitative estimate of drug-likeness (QED) is 0.746. The van der Waals surface area contributed by atoms with E-state index in [4.69, 9.17) is 0 Å². The molecule has 0 aromatic rings. The van der Waals surface area contributed by atoms with Crippen LogP contribution in [0.25, 0.3) is 0 Å². The predicted molar refractivity (Wildman–Crippen MR) is 73.2 cm³/mol. The molecule has 1 fully saturated rings. The van der Waals surface area contributed by atoms with Gasteiger partial charge in [-0.15, -0.1) is 0 Å². The Bertz CT molecular complexity index is 196. The molecule has 17 heavy (non-hydrogen) atoms. The fourth-order valence-corrected chi connectivity index (χ4v) is 2.89. The molecule has 1 saturated heterocycles. The lowest BCUT2D eigenvalue weighted by Gasteiger charge is -2.43. The largest absolute Gasteiger partial charge is 0.394 e. The van der Waals surface area contributed by atoms with Crippen LogP contribution in [0.15, 0.2) is 0 Å². The van der Waals surface area contributed by atoms with Gasteiger partial charge in [-0.2, -0.15) is 0 Å². The number of aliphatic hydroxyl groups excluding tert-OH is 1. The Labute approximate surface area is 107 Å². The van der Waals surface area contributed by atoms with Crippen LogP contribution in [-0.2, 0) is 0 Å². The van der Waals surface area contributed by atoms with Crippen molar-refractivity contribution in [2.45, 2.75) is 52.0 Å². The van der Waals surface area contributed by atoms with Gasteiger partial charge in [0.1, 0.15) is 0 Å². The summed E-state index contributed by atoms with van der Waals surface area (Å²) in [6, 6.07) is 0. The molecule has 2 atom stereocenters. The summed E-state index contributed by atoms with van der Waals surface area (Å²) in [6.07, 6.45) is 4.57. The minimum atomic E-state index is 0.0153. The Morgan fingerprint density at radius 1 is 1.29 bits per heavy atom. The zero-order valence-electron chi connectivity index (χ0n) is 11.8. The summed E-state index contributed by atoms with van der Waals surface area (Å²) in [5.74, 6) is 0.693. The van der Waals surface area contributed by atoms with Crippen molar-refractivity contribution in [2.75, 3.05) is 32.8 Å². The molecule has 0 aliphatic carbocycles. The summed E-state index contributed by atoms with van der Waals surface area (Å²) >= 11 is 0. The minimum Gasteiger partial charge on any atom is -0.394 e. The molecule has 0 radical (unpaired) electrons. The van der Waals surface area contributed by atoms with Gasteiger partial charge in [-0.25, -0.2) is 0 Å². The first kappa shape index (κ1) is 14.9. The smallest absolute Gasteiger partial charge is 0.0615 e. The molecule has 0 aromatic heterocycles. The number of nitrogens with one attached hydrogen (secondary N) is 1. The normalized spacial score (nSPS) is 24.0. The molecule has 2 N–H and O–H groups in total. The Balaban J connectivity index is 2.72. The summed E-state index contributed by atoms with van der Waals surface area (Å²) in [5.41, 5.74) is 0.0153. The van der Waals surface area contributed by atoms with Gasteiger partial charge >= 0.3 is 0 Å². The molecular weight excluding hydrogens is 212 g/mol. The summed E-state index contributed by atoms with van der Waals surface area (Å²) in [5, 5.41) is 13.3. The van der Waals surface area contributed by atoms with Gasteiger partial charge in [0.25, 0.3) is 0 Å². The number of nitrogens with zero attached hydrogens (tertiary/aromatic N) is 1. The number of hydrogen-bond donors (Lipinski definition) is 2. The molecule has 0 amide bonds. The van der Waals surface area contributed by atoms with Crippen molar-refractivity contribution >= 4 is 0 Å². The SMILES string of the molecule is CCC(C)CC(CC)(CO)N1CCCNCC1. The zero-order valence-corrected chi connectivity index (χ0v) is 11.8. The summed E-state index contributed by atoms with van der Waals surface area (Å²) in [7, 11) is 0. The molecule has 0 saturated carbocycles. The van der Waals surface area contributed by atoms with Crippen LogP contribution in [0.1, 0.15) is 46.5 Å². The van der Waals surface area contributed by atoms with Crippen LogP contribution in [0.2, 0.25) is 0 Å². The van der Waals surface area contributed by atoms with Gasteiger partial charge in [0.15, 0.2) is 0 Å². The third-order valence-electron chi connectivity index (χ3n) is 4.39. The van der Waals surface area contributed by atoms with E-state index >= 15 is 0 Å². The molecule has 3 heteroatoms. The Morgan fingerprint density at radius 2 is 2.06 bits per heavy atom. The highest BCUT2D eigenvalue weighted by atomic mass is 16.3. The lowest BCUT2D eigenvalue weighted by Crippen LogP contribution is -2.53. The molecular formula is C14H30N2O. The molecule has 102 valence electrons. The van der Waals surface area contributed by atoms with Gasteiger partial charge in [0.2, 0.25) is 0 Å². The fourth-order valence-electron chi connectivity index (χ4n) is 2.89. The summed E-state index contributed by atoms with van der Waals surface area (Å²) < 4.78 is 0. The maximum absolute atomic E-state index is 9.90. The van der Waals surface area contributed by atoms with Crippen LogP contribution in [0.4, 0.5) is 0 Å². The van der Waals surface area contributed by atoms with E-state index in [0.29, 0.717) is 12.5 Å². The third kappa shape index (κ3) is 3.94. The molecule has 1 rings (SSSR count). The van der Waals surface area contributed by atoms with Crippen molar-refractivity contribution in [1.82, 2.24) is 10.2 Å². The van der Waals surface area contributed by atoms with Gasteiger partial charge in [-0.1, -0.05) is 27.2 Å². The third-order valence-corrected chi connectivity index (χ3v) is 4.39. The fraction of sp³-hybridized carbons (Fsp3) is 1.00. The van der Waals surface area contributed by atoms with Crippen LogP contribution in [-0.4, -0.2) is 48.3 Å². The molecule has 2 unspecified atom stereocenters. The van der Waals surface area contributed by atoms with Gasteiger partial charge in [-0.05, 0) is 31.7 Å². The highest BCUT2D eigenvalue weighted by Gasteiger charge is 2.35. The maximum atomic E-state index is 9.90. The van der Waals surface area contributed by atoms with E-state index in [-0.39, 0.29) is 5.54 Å². The molecule has 0 aromatic carbocycles. The highest BCUT2D eigenvalue weighted by Crippen LogP contribution is 2.29. The first-order chi connectivity index (χ1) is 8.18. The lowest BCUT2D eigenvalue weighted by molar-refractivity contribution is 0.0119. The van der Waals surface area contributed by atoms with Crippen LogP contribution < -0.4 is 5.32 Å². The van der Waals surface area contributed by atoms with E-state index in [0.717, 1.165) is 39.0 Å². The predicted octanol–water partition coefficient (Wildman–Crippen LogP) is 1.86. The second kappa shape index (κ2) is 7.34.